The first kappa shape index (κ1) is 8.16. The molecule has 0 atom stereocenters. The summed E-state index contributed by atoms with van der Waals surface area (Å²) in [5.41, 5.74) is 0. The van der Waals surface area contributed by atoms with Crippen molar-refractivity contribution in [1.29, 1.82) is 0 Å². The van der Waals surface area contributed by atoms with Crippen molar-refractivity contribution in [3.63, 3.8) is 0 Å². The summed E-state index contributed by atoms with van der Waals surface area (Å²) in [4.78, 5) is 9.47. The molecular weight excluding hydrogens is 144 g/mol. The molecule has 0 saturated heterocycles. The molecule has 0 fully saturated rings. The maximum absolute atomic E-state index is 9.95. The van der Waals surface area contributed by atoms with Crippen molar-refractivity contribution in [2.24, 2.45) is 0 Å². The minimum Gasteiger partial charge on any atom is -0.477 e. The van der Waals surface area contributed by atoms with E-state index in [1.165, 1.54) is 6.92 Å². The largest absolute Gasteiger partial charge is 0.477 e. The molecule has 0 aromatic carbocycles. The van der Waals surface area contributed by atoms with Crippen LogP contribution in [0.5, 0.6) is 0 Å². The van der Waals surface area contributed by atoms with E-state index < -0.39 is 21.1 Å². The number of carbonyl (C=O) groups is 1. The van der Waals surface area contributed by atoms with Crippen molar-refractivity contribution in [2.45, 2.75) is 13.3 Å². The fourth-order valence-corrected chi connectivity index (χ4v) is 0.719. The molecule has 0 aromatic rings. The zero-order chi connectivity index (χ0) is 7.44. The van der Waals surface area contributed by atoms with Crippen LogP contribution in [0.1, 0.15) is 13.3 Å². The second kappa shape index (κ2) is 3.24. The van der Waals surface area contributed by atoms with Gasteiger partial charge in [-0.25, -0.2) is 4.79 Å². The smallest absolute Gasteiger partial charge is 0.347 e. The lowest BCUT2D eigenvalue weighted by Crippen LogP contribution is -2.11. The fraction of sp³-hybridized carbons (Fsp3) is 0.500. The van der Waals surface area contributed by atoms with Crippen molar-refractivity contribution < 1.29 is 18.3 Å². The van der Waals surface area contributed by atoms with Crippen molar-refractivity contribution in [3.05, 3.63) is 0 Å². The van der Waals surface area contributed by atoms with Gasteiger partial charge in [-0.05, 0) is 6.42 Å². The quantitative estimate of drug-likeness (QED) is 0.540. The van der Waals surface area contributed by atoms with Gasteiger partial charge in [-0.15, -0.1) is 0 Å². The summed E-state index contributed by atoms with van der Waals surface area (Å²) in [6.45, 7) is 1.47. The second-order valence-corrected chi connectivity index (χ2v) is 2.28. The first-order valence-corrected chi connectivity index (χ1v) is 3.35. The number of hydrogen-bond acceptors (Lipinski definition) is 3. The summed E-state index contributed by atoms with van der Waals surface area (Å²) >= 11 is 0. The maximum Gasteiger partial charge on any atom is 0.347 e. The van der Waals surface area contributed by atoms with Gasteiger partial charge in [-0.3, -0.25) is 0 Å². The number of carboxylic acid groups (broad SMARTS) is 1. The molecule has 9 heavy (non-hydrogen) atoms. The summed E-state index contributed by atoms with van der Waals surface area (Å²) in [6.07, 6.45) is 0.0332. The number of carboxylic acids is 1. The van der Waals surface area contributed by atoms with Gasteiger partial charge in [0.1, 0.15) is 0 Å². The monoisotopic (exact) mass is 150 g/mol. The summed E-state index contributed by atoms with van der Waals surface area (Å²) in [7, 11) is -2.57. The molecule has 1 N–H and O–H groups in total. The zero-order valence-electron chi connectivity index (χ0n) is 4.79. The van der Waals surface area contributed by atoms with Gasteiger partial charge in [0.2, 0.25) is 10.3 Å². The van der Waals surface area contributed by atoms with Crippen molar-refractivity contribution in [1.82, 2.24) is 0 Å². The Labute approximate surface area is 53.7 Å². The Balaban J connectivity index is 4.80. The van der Waals surface area contributed by atoms with Gasteiger partial charge in [0.25, 0.3) is 0 Å². The van der Waals surface area contributed by atoms with Crippen LogP contribution in [0.4, 0.5) is 0 Å². The van der Waals surface area contributed by atoms with E-state index in [9.17, 15) is 13.2 Å². The van der Waals surface area contributed by atoms with Crippen LogP contribution in [-0.2, 0) is 15.1 Å². The topological polar surface area (TPSA) is 71.4 Å². The summed E-state index contributed by atoms with van der Waals surface area (Å²) in [6, 6.07) is 0. The van der Waals surface area contributed by atoms with Gasteiger partial charge in [0.05, 0.1) is 0 Å². The first-order valence-electron chi connectivity index (χ1n) is 2.28. The molecule has 0 aliphatic carbocycles. The molecule has 0 rings (SSSR count). The van der Waals surface area contributed by atoms with Gasteiger partial charge in [-0.1, -0.05) is 6.92 Å². The highest BCUT2D eigenvalue weighted by molar-refractivity contribution is 7.74. The highest BCUT2D eigenvalue weighted by Gasteiger charge is 2.06. The van der Waals surface area contributed by atoms with Gasteiger partial charge in [0.15, 0.2) is 4.86 Å². The average molecular weight is 150 g/mol. The minimum atomic E-state index is -2.57. The molecule has 0 amide bonds. The Morgan fingerprint density at radius 1 is 1.56 bits per heavy atom. The van der Waals surface area contributed by atoms with E-state index in [1.807, 2.05) is 0 Å². The molecule has 0 aliphatic heterocycles. The third-order valence-electron chi connectivity index (χ3n) is 0.761. The molecule has 0 heterocycles. The Hall–Kier alpha value is -0.840. The van der Waals surface area contributed by atoms with Gasteiger partial charge < -0.3 is 5.11 Å². The third-order valence-corrected chi connectivity index (χ3v) is 1.63. The first-order chi connectivity index (χ1) is 4.09. The van der Waals surface area contributed by atoms with E-state index in [-0.39, 0.29) is 6.42 Å². The van der Waals surface area contributed by atoms with E-state index in [1.54, 1.807) is 0 Å². The van der Waals surface area contributed by atoms with Gasteiger partial charge in [-0.2, -0.15) is 8.42 Å². The minimum absolute atomic E-state index is 0.0332. The lowest BCUT2D eigenvalue weighted by atomic mass is 10.3. The molecule has 4 nitrogen and oxygen atoms in total. The average Bonchev–Trinajstić information content (AvgIpc) is 1.64. The SMILES string of the molecule is CCC(C(=O)O)=S(=O)=O. The van der Waals surface area contributed by atoms with Crippen LogP contribution in [0.15, 0.2) is 0 Å². The molecule has 0 aromatic heterocycles. The fourth-order valence-electron chi connectivity index (χ4n) is 0.340. The Morgan fingerprint density at radius 3 is 2.00 bits per heavy atom. The van der Waals surface area contributed by atoms with Crippen molar-refractivity contribution in [3.8, 4) is 0 Å². The summed E-state index contributed by atoms with van der Waals surface area (Å²) in [5.74, 6) is -1.37. The molecule has 0 unspecified atom stereocenters. The number of rotatable bonds is 2. The van der Waals surface area contributed by atoms with E-state index in [0.717, 1.165) is 0 Å². The highest BCUT2D eigenvalue weighted by atomic mass is 32.2. The Bertz CT molecular complexity index is 227. The van der Waals surface area contributed by atoms with E-state index in [2.05, 4.69) is 0 Å². The zero-order valence-corrected chi connectivity index (χ0v) is 5.60. The molecule has 0 saturated carbocycles. The van der Waals surface area contributed by atoms with Crippen LogP contribution >= 0.6 is 0 Å². The van der Waals surface area contributed by atoms with Crippen LogP contribution in [0, 0.1) is 0 Å². The predicted octanol–water partition coefficient (Wildman–Crippen LogP) is -0.467. The lowest BCUT2D eigenvalue weighted by Gasteiger charge is -1.84. The third kappa shape index (κ3) is 2.27. The Kier molecular flexibility index (Phi) is 2.94. The standard InChI is InChI=1S/C4H6O4S/c1-2-3(4(5)6)9(7)8/h2H2,1H3,(H,5,6). The van der Waals surface area contributed by atoms with Crippen LogP contribution in [0.2, 0.25) is 0 Å². The van der Waals surface area contributed by atoms with E-state index >= 15 is 0 Å². The van der Waals surface area contributed by atoms with Crippen LogP contribution in [-0.4, -0.2) is 24.4 Å². The van der Waals surface area contributed by atoms with E-state index in [4.69, 9.17) is 5.11 Å². The maximum atomic E-state index is 9.95. The molecule has 0 bridgehead atoms. The molecule has 5 heteroatoms. The van der Waals surface area contributed by atoms with Crippen molar-refractivity contribution in [2.75, 3.05) is 0 Å². The van der Waals surface area contributed by atoms with Gasteiger partial charge in [0, 0.05) is 0 Å². The van der Waals surface area contributed by atoms with Crippen LogP contribution in [0.3, 0.4) is 0 Å². The highest BCUT2D eigenvalue weighted by Crippen LogP contribution is 1.80. The number of hydrogen-bond donors (Lipinski definition) is 1. The molecular formula is C4H6O4S. The lowest BCUT2D eigenvalue weighted by molar-refractivity contribution is -0.129. The molecule has 0 radical (unpaired) electrons. The summed E-state index contributed by atoms with van der Waals surface area (Å²) < 4.78 is 19.9. The number of aliphatic carboxylic acids is 1. The summed E-state index contributed by atoms with van der Waals surface area (Å²) in [5, 5.41) is 8.11. The predicted molar refractivity (Wildman–Crippen MR) is 31.9 cm³/mol. The van der Waals surface area contributed by atoms with Crippen LogP contribution < -0.4 is 0 Å². The van der Waals surface area contributed by atoms with Gasteiger partial charge >= 0.3 is 5.97 Å². The van der Waals surface area contributed by atoms with E-state index in [0.29, 0.717) is 0 Å². The second-order valence-electron chi connectivity index (χ2n) is 1.32. The molecule has 52 valence electrons. The normalized spacial score (nSPS) is 8.56. The Morgan fingerprint density at radius 2 is 2.00 bits per heavy atom. The molecule has 0 aliphatic rings. The van der Waals surface area contributed by atoms with Crippen molar-refractivity contribution >= 4 is 21.1 Å². The van der Waals surface area contributed by atoms with Crippen LogP contribution in [0.25, 0.3) is 0 Å². The molecule has 0 spiro atoms.